The number of rotatable bonds is 4. The Labute approximate surface area is 195 Å². The first-order valence-corrected chi connectivity index (χ1v) is 9.21. The zero-order valence-corrected chi connectivity index (χ0v) is 19.7. The number of hydrogen-bond donors (Lipinski definition) is 2. The fourth-order valence-electron chi connectivity index (χ4n) is 2.10. The largest absolute Gasteiger partial charge is 1.00 e. The van der Waals surface area contributed by atoms with Crippen LogP contribution in [0.25, 0.3) is 11.4 Å². The Hall–Kier alpha value is -0.400. The van der Waals surface area contributed by atoms with Gasteiger partial charge >= 0.3 is 59.1 Å². The Kier molecular flexibility index (Phi) is 9.54. The summed E-state index contributed by atoms with van der Waals surface area (Å²) in [5.41, 5.74) is 11.3. The minimum absolute atomic E-state index is 0. The summed E-state index contributed by atoms with van der Waals surface area (Å²) in [5, 5.41) is 0. The molecular formula is C14H12N2Na2O6S2. The minimum atomic E-state index is -5.31. The van der Waals surface area contributed by atoms with Crippen molar-refractivity contribution >= 4 is 31.6 Å². The van der Waals surface area contributed by atoms with Crippen LogP contribution in [0.2, 0.25) is 0 Å². The van der Waals surface area contributed by atoms with Crippen LogP contribution in [0.1, 0.15) is 11.1 Å². The fraction of sp³-hybridized carbons (Fsp3) is 0. The van der Waals surface area contributed by atoms with Gasteiger partial charge in [-0.25, -0.2) is 16.8 Å². The van der Waals surface area contributed by atoms with Crippen LogP contribution in [0.15, 0.2) is 58.3 Å². The van der Waals surface area contributed by atoms with Gasteiger partial charge in [0.1, 0.15) is 20.2 Å². The van der Waals surface area contributed by atoms with Crippen LogP contribution >= 0.6 is 0 Å². The predicted octanol–water partition coefficient (Wildman–Crippen LogP) is -5.75. The topological polar surface area (TPSA) is 166 Å². The molecule has 0 aliphatic rings. The van der Waals surface area contributed by atoms with Crippen molar-refractivity contribution in [1.82, 2.24) is 0 Å². The van der Waals surface area contributed by atoms with Crippen molar-refractivity contribution in [2.24, 2.45) is 11.5 Å². The van der Waals surface area contributed by atoms with Crippen LogP contribution in [0, 0.1) is 0 Å². The van der Waals surface area contributed by atoms with Crippen molar-refractivity contribution in [2.45, 2.75) is 9.79 Å². The normalized spacial score (nSPS) is 12.4. The molecule has 0 saturated heterocycles. The van der Waals surface area contributed by atoms with Gasteiger partial charge in [-0.2, -0.15) is 0 Å². The molecule has 0 heterocycles. The van der Waals surface area contributed by atoms with Crippen LogP contribution < -0.4 is 70.6 Å². The van der Waals surface area contributed by atoms with Crippen molar-refractivity contribution in [3.63, 3.8) is 0 Å². The van der Waals surface area contributed by atoms with Crippen molar-refractivity contribution < 1.29 is 85.1 Å². The third kappa shape index (κ3) is 5.80. The van der Waals surface area contributed by atoms with Crippen molar-refractivity contribution in [3.05, 3.63) is 59.7 Å². The Bertz CT molecular complexity index is 1020. The first-order chi connectivity index (χ1) is 11.0. The molecule has 26 heavy (non-hydrogen) atoms. The van der Waals surface area contributed by atoms with E-state index in [1.54, 1.807) is 30.3 Å². The van der Waals surface area contributed by atoms with Crippen LogP contribution in [0.5, 0.6) is 0 Å². The molecule has 0 spiro atoms. The molecule has 2 aromatic carbocycles. The summed E-state index contributed by atoms with van der Waals surface area (Å²) in [6.45, 7) is 0. The van der Waals surface area contributed by atoms with Crippen molar-refractivity contribution in [1.29, 1.82) is 0 Å². The molecule has 0 bridgehead atoms. The molecular weight excluding hydrogens is 402 g/mol. The second kappa shape index (κ2) is 9.69. The minimum Gasteiger partial charge on any atom is -0.744 e. The monoisotopic (exact) mass is 414 g/mol. The Morgan fingerprint density at radius 3 is 1.73 bits per heavy atom. The van der Waals surface area contributed by atoms with Gasteiger partial charge in [-0.15, -0.1) is 0 Å². The molecule has 0 radical (unpaired) electrons. The van der Waals surface area contributed by atoms with Gasteiger partial charge in [0, 0.05) is 5.56 Å². The van der Waals surface area contributed by atoms with Gasteiger partial charge in [-0.1, -0.05) is 42.5 Å². The molecule has 0 atom stereocenters. The second-order valence-corrected chi connectivity index (χ2v) is 7.40. The summed E-state index contributed by atoms with van der Waals surface area (Å²) >= 11 is 0. The molecule has 0 unspecified atom stereocenters. The molecule has 4 N–H and O–H groups in total. The van der Waals surface area contributed by atoms with E-state index < -0.39 is 35.6 Å². The maximum absolute atomic E-state index is 11.5. The SMILES string of the molecule is NC(=C(N)c1cccc(S(=O)(=O)[O-])c1S(=O)(=O)[O-])c1ccccc1.[Na+].[Na+]. The Morgan fingerprint density at radius 2 is 1.27 bits per heavy atom. The van der Waals surface area contributed by atoms with Crippen molar-refractivity contribution in [2.75, 3.05) is 0 Å². The summed E-state index contributed by atoms with van der Waals surface area (Å²) < 4.78 is 68.3. The van der Waals surface area contributed by atoms with E-state index >= 15 is 0 Å². The summed E-state index contributed by atoms with van der Waals surface area (Å²) in [4.78, 5) is -2.38. The van der Waals surface area contributed by atoms with Crippen molar-refractivity contribution in [3.8, 4) is 0 Å². The first-order valence-electron chi connectivity index (χ1n) is 6.39. The molecule has 128 valence electrons. The number of nitrogens with two attached hydrogens (primary N) is 2. The average Bonchev–Trinajstić information content (AvgIpc) is 2.52. The van der Waals surface area contributed by atoms with E-state index in [1.165, 1.54) is 0 Å². The smallest absolute Gasteiger partial charge is 0.744 e. The van der Waals surface area contributed by atoms with Gasteiger partial charge in [-0.3, -0.25) is 0 Å². The predicted molar refractivity (Wildman–Crippen MR) is 84.0 cm³/mol. The molecule has 2 rings (SSSR count). The van der Waals surface area contributed by atoms with Crippen LogP contribution in [-0.4, -0.2) is 25.9 Å². The Balaban J connectivity index is 0.00000312. The van der Waals surface area contributed by atoms with Gasteiger partial charge in [0.05, 0.1) is 21.2 Å². The molecule has 8 nitrogen and oxygen atoms in total. The molecule has 12 heteroatoms. The van der Waals surface area contributed by atoms with E-state index in [-0.39, 0.29) is 70.5 Å². The first kappa shape index (κ1) is 25.6. The third-order valence-electron chi connectivity index (χ3n) is 3.16. The zero-order chi connectivity index (χ0) is 18.1. The average molecular weight is 414 g/mol. The molecule has 0 aliphatic heterocycles. The number of benzene rings is 2. The second-order valence-electron chi connectivity index (χ2n) is 4.73. The molecule has 0 amide bonds. The quantitative estimate of drug-likeness (QED) is 0.284. The zero-order valence-electron chi connectivity index (χ0n) is 14.0. The molecule has 0 fully saturated rings. The van der Waals surface area contributed by atoms with E-state index in [1.807, 2.05) is 0 Å². The van der Waals surface area contributed by atoms with Gasteiger partial charge in [-0.05, 0) is 11.6 Å². The van der Waals surface area contributed by atoms with Gasteiger partial charge in [0.2, 0.25) is 0 Å². The maximum Gasteiger partial charge on any atom is 1.00 e. The summed E-state index contributed by atoms with van der Waals surface area (Å²) in [7, 11) is -10.5. The van der Waals surface area contributed by atoms with Crippen LogP contribution in [-0.2, 0) is 20.2 Å². The third-order valence-corrected chi connectivity index (χ3v) is 5.11. The summed E-state index contributed by atoms with van der Waals surface area (Å²) in [6, 6.07) is 11.1. The molecule has 0 aliphatic carbocycles. The van der Waals surface area contributed by atoms with E-state index in [0.29, 0.717) is 5.56 Å². The van der Waals surface area contributed by atoms with E-state index in [9.17, 15) is 25.9 Å². The van der Waals surface area contributed by atoms with Gasteiger partial charge in [0.25, 0.3) is 0 Å². The van der Waals surface area contributed by atoms with E-state index in [4.69, 9.17) is 11.5 Å². The summed E-state index contributed by atoms with van der Waals surface area (Å²) in [6.07, 6.45) is 0. The summed E-state index contributed by atoms with van der Waals surface area (Å²) in [5.74, 6) is 0. The maximum atomic E-state index is 11.5. The van der Waals surface area contributed by atoms with Crippen LogP contribution in [0.4, 0.5) is 0 Å². The fourth-order valence-corrected chi connectivity index (χ4v) is 4.06. The van der Waals surface area contributed by atoms with E-state index in [2.05, 4.69) is 0 Å². The van der Waals surface area contributed by atoms with Crippen LogP contribution in [0.3, 0.4) is 0 Å². The van der Waals surface area contributed by atoms with E-state index in [0.717, 1.165) is 18.2 Å². The Morgan fingerprint density at radius 1 is 0.731 bits per heavy atom. The number of hydrogen-bond acceptors (Lipinski definition) is 8. The van der Waals surface area contributed by atoms with Gasteiger partial charge in [0.15, 0.2) is 0 Å². The molecule has 0 aromatic heterocycles. The standard InChI is InChI=1S/C14H14N2O6S2.2Na/c15-12(9-5-2-1-3-6-9)13(16)10-7-4-8-11(23(17,18)19)14(10)24(20,21)22;;/h1-8H,15-16H2,(H,17,18,19)(H,20,21,22);;/q;2*+1/p-2. The molecule has 2 aromatic rings. The van der Waals surface area contributed by atoms with Gasteiger partial charge < -0.3 is 20.6 Å². The molecule has 0 saturated carbocycles.